The Hall–Kier alpha value is -2.95. The summed E-state index contributed by atoms with van der Waals surface area (Å²) in [5, 5.41) is 4.28. The highest BCUT2D eigenvalue weighted by molar-refractivity contribution is 5.89. The molecule has 22 heavy (non-hydrogen) atoms. The van der Waals surface area contributed by atoms with Crippen LogP contribution in [0.5, 0.6) is 0 Å². The number of aromatic nitrogens is 3. The molecule has 0 bridgehead atoms. The van der Waals surface area contributed by atoms with E-state index in [1.54, 1.807) is 4.68 Å². The zero-order valence-electron chi connectivity index (χ0n) is 12.4. The molecule has 3 rings (SSSR count). The lowest BCUT2D eigenvalue weighted by molar-refractivity contribution is 0.0990. The normalized spacial score (nSPS) is 10.6. The third kappa shape index (κ3) is 2.48. The molecule has 3 aromatic rings. The number of carbonyl (C=O) groups excluding carboxylic acids is 1. The zero-order chi connectivity index (χ0) is 15.7. The van der Waals surface area contributed by atoms with Crippen LogP contribution in [0, 0.1) is 13.8 Å². The number of amides is 1. The first-order valence-electron chi connectivity index (χ1n) is 6.96. The van der Waals surface area contributed by atoms with Crippen LogP contribution in [0.1, 0.15) is 21.7 Å². The molecule has 0 unspecified atom stereocenters. The van der Waals surface area contributed by atoms with Crippen LogP contribution >= 0.6 is 0 Å². The van der Waals surface area contributed by atoms with Crippen molar-refractivity contribution in [3.05, 3.63) is 65.5 Å². The maximum absolute atomic E-state index is 11.5. The molecule has 110 valence electrons. The summed E-state index contributed by atoms with van der Waals surface area (Å²) >= 11 is 0. The van der Waals surface area contributed by atoms with E-state index in [9.17, 15) is 4.79 Å². The van der Waals surface area contributed by atoms with Gasteiger partial charge in [0.25, 0.3) is 5.91 Å². The summed E-state index contributed by atoms with van der Waals surface area (Å²) in [5.74, 6) is -0.0270. The summed E-state index contributed by atoms with van der Waals surface area (Å²) in [6.07, 6.45) is 0. The van der Waals surface area contributed by atoms with Crippen LogP contribution in [0.15, 0.2) is 48.5 Å². The fraction of sp³-hybridized carbons (Fsp3) is 0.118. The lowest BCUT2D eigenvalue weighted by atomic mass is 10.1. The van der Waals surface area contributed by atoms with Gasteiger partial charge in [-0.25, -0.2) is 9.67 Å². The quantitative estimate of drug-likeness (QED) is 0.806. The van der Waals surface area contributed by atoms with Crippen molar-refractivity contribution in [2.75, 3.05) is 0 Å². The maximum atomic E-state index is 11.5. The van der Waals surface area contributed by atoms with E-state index >= 15 is 0 Å². The molecule has 0 radical (unpaired) electrons. The predicted octanol–water partition coefficient (Wildman–Crippen LogP) is 2.65. The van der Waals surface area contributed by atoms with E-state index in [0.29, 0.717) is 5.82 Å². The molecule has 1 heterocycles. The molecule has 5 heteroatoms. The van der Waals surface area contributed by atoms with Gasteiger partial charge in [0.1, 0.15) is 0 Å². The average molecular weight is 292 g/mol. The summed E-state index contributed by atoms with van der Waals surface area (Å²) in [5.41, 5.74) is 9.31. The Morgan fingerprint density at radius 1 is 1.09 bits per heavy atom. The van der Waals surface area contributed by atoms with Gasteiger partial charge < -0.3 is 5.73 Å². The van der Waals surface area contributed by atoms with E-state index in [4.69, 9.17) is 5.73 Å². The Labute approximate surface area is 128 Å². The standard InChI is InChI=1S/C17H16N4O/c1-11-8-9-14(12(2)10-11)21-17(13-6-4-3-5-7-13)19-16(20-21)15(18)22/h3-10H,1-2H3,(H2,18,22). The van der Waals surface area contributed by atoms with Crippen molar-refractivity contribution in [3.8, 4) is 17.1 Å². The van der Waals surface area contributed by atoms with Gasteiger partial charge in [-0.05, 0) is 25.5 Å². The van der Waals surface area contributed by atoms with E-state index in [0.717, 1.165) is 22.4 Å². The van der Waals surface area contributed by atoms with Gasteiger partial charge >= 0.3 is 0 Å². The topological polar surface area (TPSA) is 73.8 Å². The minimum absolute atomic E-state index is 0.0128. The molecule has 0 aliphatic rings. The number of rotatable bonds is 3. The molecule has 0 fully saturated rings. The molecule has 1 aromatic heterocycles. The maximum Gasteiger partial charge on any atom is 0.288 e. The summed E-state index contributed by atoms with van der Waals surface area (Å²) in [7, 11) is 0. The van der Waals surface area contributed by atoms with Crippen molar-refractivity contribution in [1.82, 2.24) is 14.8 Å². The van der Waals surface area contributed by atoms with Crippen molar-refractivity contribution in [2.24, 2.45) is 5.73 Å². The molecule has 0 aliphatic heterocycles. The first kappa shape index (κ1) is 14.0. The van der Waals surface area contributed by atoms with Gasteiger partial charge in [-0.1, -0.05) is 48.0 Å². The molecule has 5 nitrogen and oxygen atoms in total. The van der Waals surface area contributed by atoms with Gasteiger partial charge in [0.05, 0.1) is 5.69 Å². The zero-order valence-corrected chi connectivity index (χ0v) is 12.4. The number of nitrogens with zero attached hydrogens (tertiary/aromatic N) is 3. The number of carbonyl (C=O) groups is 1. The van der Waals surface area contributed by atoms with Crippen LogP contribution in [-0.2, 0) is 0 Å². The van der Waals surface area contributed by atoms with Gasteiger partial charge in [0, 0.05) is 5.56 Å². The molecule has 0 spiro atoms. The van der Waals surface area contributed by atoms with E-state index < -0.39 is 5.91 Å². The summed E-state index contributed by atoms with van der Waals surface area (Å²) in [6.45, 7) is 4.04. The van der Waals surface area contributed by atoms with Crippen molar-refractivity contribution < 1.29 is 4.79 Å². The SMILES string of the molecule is Cc1ccc(-n2nc(C(N)=O)nc2-c2ccccc2)c(C)c1. The summed E-state index contributed by atoms with van der Waals surface area (Å²) in [4.78, 5) is 15.7. The molecule has 0 saturated carbocycles. The minimum atomic E-state index is -0.638. The Bertz CT molecular complexity index is 837. The van der Waals surface area contributed by atoms with Gasteiger partial charge in [-0.15, -0.1) is 5.10 Å². The van der Waals surface area contributed by atoms with Crippen LogP contribution < -0.4 is 5.73 Å². The van der Waals surface area contributed by atoms with Gasteiger partial charge in [0.2, 0.25) is 5.82 Å². The summed E-state index contributed by atoms with van der Waals surface area (Å²) < 4.78 is 1.67. The van der Waals surface area contributed by atoms with Crippen LogP contribution in [0.4, 0.5) is 0 Å². The highest BCUT2D eigenvalue weighted by Crippen LogP contribution is 2.23. The van der Waals surface area contributed by atoms with Gasteiger partial charge in [-0.2, -0.15) is 0 Å². The number of hydrogen-bond donors (Lipinski definition) is 1. The highest BCUT2D eigenvalue weighted by atomic mass is 16.1. The third-order valence-electron chi connectivity index (χ3n) is 3.44. The smallest absolute Gasteiger partial charge is 0.288 e. The number of primary amides is 1. The highest BCUT2D eigenvalue weighted by Gasteiger charge is 2.17. The first-order chi connectivity index (χ1) is 10.6. The molecule has 1 amide bonds. The fourth-order valence-electron chi connectivity index (χ4n) is 2.40. The van der Waals surface area contributed by atoms with Crippen molar-refractivity contribution >= 4 is 5.91 Å². The average Bonchev–Trinajstić information content (AvgIpc) is 2.93. The van der Waals surface area contributed by atoms with Crippen LogP contribution in [0.25, 0.3) is 17.1 Å². The number of benzene rings is 2. The van der Waals surface area contributed by atoms with Gasteiger partial charge in [0.15, 0.2) is 5.82 Å². The van der Waals surface area contributed by atoms with Crippen LogP contribution in [-0.4, -0.2) is 20.7 Å². The molecular weight excluding hydrogens is 276 g/mol. The van der Waals surface area contributed by atoms with Crippen molar-refractivity contribution in [3.63, 3.8) is 0 Å². The molecule has 0 aliphatic carbocycles. The second-order valence-electron chi connectivity index (χ2n) is 5.19. The molecule has 2 N–H and O–H groups in total. The van der Waals surface area contributed by atoms with Gasteiger partial charge in [-0.3, -0.25) is 4.79 Å². The molecular formula is C17H16N4O. The number of hydrogen-bond acceptors (Lipinski definition) is 3. The second kappa shape index (κ2) is 5.44. The molecule has 0 saturated heterocycles. The Kier molecular flexibility index (Phi) is 3.47. The molecule has 0 atom stereocenters. The number of nitrogens with two attached hydrogens (primary N) is 1. The van der Waals surface area contributed by atoms with Crippen LogP contribution in [0.3, 0.4) is 0 Å². The molecule has 2 aromatic carbocycles. The van der Waals surface area contributed by atoms with Crippen molar-refractivity contribution in [2.45, 2.75) is 13.8 Å². The van der Waals surface area contributed by atoms with E-state index in [1.807, 2.05) is 56.3 Å². The van der Waals surface area contributed by atoms with E-state index in [2.05, 4.69) is 16.1 Å². The Balaban J connectivity index is 2.24. The fourth-order valence-corrected chi connectivity index (χ4v) is 2.40. The lowest BCUT2D eigenvalue weighted by Gasteiger charge is -2.09. The lowest BCUT2D eigenvalue weighted by Crippen LogP contribution is -2.13. The predicted molar refractivity (Wildman–Crippen MR) is 84.8 cm³/mol. The van der Waals surface area contributed by atoms with E-state index in [-0.39, 0.29) is 5.82 Å². The Morgan fingerprint density at radius 3 is 2.45 bits per heavy atom. The minimum Gasteiger partial charge on any atom is -0.363 e. The van der Waals surface area contributed by atoms with Crippen molar-refractivity contribution in [1.29, 1.82) is 0 Å². The largest absolute Gasteiger partial charge is 0.363 e. The monoisotopic (exact) mass is 292 g/mol. The van der Waals surface area contributed by atoms with E-state index in [1.165, 1.54) is 0 Å². The summed E-state index contributed by atoms with van der Waals surface area (Å²) in [6, 6.07) is 15.6. The first-order valence-corrected chi connectivity index (χ1v) is 6.96. The second-order valence-corrected chi connectivity index (χ2v) is 5.19. The Morgan fingerprint density at radius 2 is 1.82 bits per heavy atom. The number of aryl methyl sites for hydroxylation is 2. The van der Waals surface area contributed by atoms with Crippen LogP contribution in [0.2, 0.25) is 0 Å². The third-order valence-corrected chi connectivity index (χ3v) is 3.44.